The van der Waals surface area contributed by atoms with Crippen LogP contribution in [-0.2, 0) is 28.5 Å². The molecule has 2 heterocycles. The number of anilines is 1. The number of carbonyl (C=O) groups is 3. The van der Waals surface area contributed by atoms with Gasteiger partial charge in [0.15, 0.2) is 18.5 Å². The zero-order valence-electron chi connectivity index (χ0n) is 15.6. The summed E-state index contributed by atoms with van der Waals surface area (Å²) < 4.78 is 26.2. The molecule has 5 atom stereocenters. The molecule has 2 aliphatic heterocycles. The number of nitrogens with zero attached hydrogens (tertiary/aromatic N) is 1. The lowest BCUT2D eigenvalue weighted by Gasteiger charge is -2.41. The van der Waals surface area contributed by atoms with Gasteiger partial charge in [-0.15, -0.1) is 0 Å². The van der Waals surface area contributed by atoms with Crippen molar-refractivity contribution in [3.63, 3.8) is 0 Å². The van der Waals surface area contributed by atoms with Gasteiger partial charge in [0.1, 0.15) is 24.5 Å². The molecule has 2 fully saturated rings. The van der Waals surface area contributed by atoms with Crippen LogP contribution in [0.2, 0.25) is 0 Å². The molecule has 1 aromatic rings. The smallest absolute Gasteiger partial charge is 0.415 e. The van der Waals surface area contributed by atoms with Gasteiger partial charge in [-0.2, -0.15) is 0 Å². The lowest BCUT2D eigenvalue weighted by atomic mass is 9.96. The Morgan fingerprint density at radius 2 is 1.86 bits per heavy atom. The van der Waals surface area contributed by atoms with Gasteiger partial charge >= 0.3 is 18.0 Å². The van der Waals surface area contributed by atoms with Crippen molar-refractivity contribution in [2.24, 2.45) is 0 Å². The molecule has 0 bridgehead atoms. The minimum Gasteiger partial charge on any atom is -0.497 e. The van der Waals surface area contributed by atoms with Crippen molar-refractivity contribution >= 4 is 23.7 Å². The van der Waals surface area contributed by atoms with Gasteiger partial charge in [-0.05, 0) is 24.3 Å². The van der Waals surface area contributed by atoms with E-state index in [0.29, 0.717) is 11.4 Å². The first-order valence-corrected chi connectivity index (χ1v) is 8.60. The maximum atomic E-state index is 12.5. The Balaban J connectivity index is 1.89. The number of esters is 2. The number of hydrogen-bond donors (Lipinski definition) is 1. The van der Waals surface area contributed by atoms with E-state index in [0.717, 1.165) is 0 Å². The molecule has 28 heavy (non-hydrogen) atoms. The quantitative estimate of drug-likeness (QED) is 0.564. The average Bonchev–Trinajstić information content (AvgIpc) is 3.00. The molecular formula is C18H21NO9. The zero-order chi connectivity index (χ0) is 20.4. The Bertz CT molecular complexity index is 750. The van der Waals surface area contributed by atoms with Crippen molar-refractivity contribution in [1.82, 2.24) is 0 Å². The highest BCUT2D eigenvalue weighted by atomic mass is 16.7. The molecular weight excluding hydrogens is 374 g/mol. The molecule has 2 aliphatic rings. The van der Waals surface area contributed by atoms with Gasteiger partial charge in [0, 0.05) is 19.5 Å². The van der Waals surface area contributed by atoms with Crippen LogP contribution in [0.3, 0.4) is 0 Å². The van der Waals surface area contributed by atoms with Gasteiger partial charge in [0.05, 0.1) is 7.11 Å². The molecule has 0 saturated carbocycles. The molecule has 152 valence electrons. The maximum absolute atomic E-state index is 12.5. The Kier molecular flexibility index (Phi) is 5.71. The highest BCUT2D eigenvalue weighted by Crippen LogP contribution is 2.37. The number of amides is 1. The number of rotatable bonds is 5. The van der Waals surface area contributed by atoms with Crippen LogP contribution in [0.4, 0.5) is 10.5 Å². The Morgan fingerprint density at radius 3 is 2.43 bits per heavy atom. The summed E-state index contributed by atoms with van der Waals surface area (Å²) in [5, 5.41) is 10.5. The van der Waals surface area contributed by atoms with E-state index in [2.05, 4.69) is 0 Å². The molecule has 0 unspecified atom stereocenters. The van der Waals surface area contributed by atoms with Crippen molar-refractivity contribution in [3.05, 3.63) is 24.3 Å². The van der Waals surface area contributed by atoms with E-state index < -0.39 is 48.7 Å². The number of ether oxygens (including phenoxy) is 5. The number of aliphatic hydroxyl groups excluding tert-OH is 1. The Hall–Kier alpha value is -2.85. The fourth-order valence-corrected chi connectivity index (χ4v) is 3.30. The summed E-state index contributed by atoms with van der Waals surface area (Å²) in [5.74, 6) is -0.604. The van der Waals surface area contributed by atoms with E-state index in [-0.39, 0.29) is 6.61 Å². The summed E-state index contributed by atoms with van der Waals surface area (Å²) in [6, 6.07) is 5.60. The van der Waals surface area contributed by atoms with E-state index in [1.54, 1.807) is 24.3 Å². The molecule has 3 rings (SSSR count). The Labute approximate surface area is 160 Å². The highest BCUT2D eigenvalue weighted by molar-refractivity contribution is 5.91. The van der Waals surface area contributed by atoms with E-state index in [9.17, 15) is 19.5 Å². The van der Waals surface area contributed by atoms with E-state index in [1.807, 2.05) is 0 Å². The minimum atomic E-state index is -1.45. The van der Waals surface area contributed by atoms with Gasteiger partial charge in [0.2, 0.25) is 0 Å². The van der Waals surface area contributed by atoms with Crippen molar-refractivity contribution in [2.45, 2.75) is 44.5 Å². The lowest BCUT2D eigenvalue weighted by molar-refractivity contribution is -0.247. The number of carbonyl (C=O) groups excluding carboxylic acids is 3. The van der Waals surface area contributed by atoms with E-state index in [4.69, 9.17) is 23.7 Å². The molecule has 0 spiro atoms. The normalized spacial score (nSPS) is 28.9. The largest absolute Gasteiger partial charge is 0.497 e. The van der Waals surface area contributed by atoms with Crippen LogP contribution < -0.4 is 9.64 Å². The third kappa shape index (κ3) is 3.87. The predicted molar refractivity (Wildman–Crippen MR) is 92.6 cm³/mol. The molecule has 1 amide bonds. The summed E-state index contributed by atoms with van der Waals surface area (Å²) in [6.45, 7) is 2.14. The first kappa shape index (κ1) is 19.9. The number of aliphatic hydroxyl groups is 1. The summed E-state index contributed by atoms with van der Waals surface area (Å²) in [4.78, 5) is 36.4. The second kappa shape index (κ2) is 8.03. The van der Waals surface area contributed by atoms with E-state index >= 15 is 0 Å². The maximum Gasteiger partial charge on any atom is 0.415 e. The number of benzene rings is 1. The van der Waals surface area contributed by atoms with Crippen LogP contribution >= 0.6 is 0 Å². The van der Waals surface area contributed by atoms with Gasteiger partial charge in [-0.3, -0.25) is 14.5 Å². The van der Waals surface area contributed by atoms with Crippen LogP contribution in [-0.4, -0.2) is 67.5 Å². The van der Waals surface area contributed by atoms with Gasteiger partial charge < -0.3 is 28.8 Å². The predicted octanol–water partition coefficient (Wildman–Crippen LogP) is 0.601. The molecule has 0 aliphatic carbocycles. The van der Waals surface area contributed by atoms with Crippen molar-refractivity contribution in [3.8, 4) is 5.75 Å². The Morgan fingerprint density at radius 1 is 1.18 bits per heavy atom. The number of hydrogen-bond acceptors (Lipinski definition) is 9. The van der Waals surface area contributed by atoms with Crippen LogP contribution in [0.15, 0.2) is 24.3 Å². The number of methoxy groups -OCH3 is 1. The first-order valence-electron chi connectivity index (χ1n) is 8.60. The van der Waals surface area contributed by atoms with Crippen molar-refractivity contribution < 1.29 is 43.2 Å². The summed E-state index contributed by atoms with van der Waals surface area (Å²) in [5.41, 5.74) is 0.445. The fraction of sp³-hybridized carbons (Fsp3) is 0.500. The van der Waals surface area contributed by atoms with Crippen molar-refractivity contribution in [2.75, 3.05) is 18.6 Å². The van der Waals surface area contributed by atoms with Gasteiger partial charge in [-0.25, -0.2) is 4.79 Å². The van der Waals surface area contributed by atoms with Crippen molar-refractivity contribution in [1.29, 1.82) is 0 Å². The molecule has 0 radical (unpaired) electrons. The monoisotopic (exact) mass is 395 g/mol. The van der Waals surface area contributed by atoms with Gasteiger partial charge in [-0.1, -0.05) is 0 Å². The molecule has 10 heteroatoms. The SMILES string of the molecule is COc1ccc(N2C(=O)O[C@H]3[C@H](OC(C)=O)[C@@H](COC(C)=O)O[C@H](O)[C@H]32)cc1. The lowest BCUT2D eigenvalue weighted by Crippen LogP contribution is -2.61. The van der Waals surface area contributed by atoms with Crippen LogP contribution in [0.1, 0.15) is 13.8 Å². The van der Waals surface area contributed by atoms with Crippen LogP contribution in [0, 0.1) is 0 Å². The van der Waals surface area contributed by atoms with Crippen LogP contribution in [0.25, 0.3) is 0 Å². The molecule has 2 saturated heterocycles. The van der Waals surface area contributed by atoms with Crippen LogP contribution in [0.5, 0.6) is 5.75 Å². The van der Waals surface area contributed by atoms with E-state index in [1.165, 1.54) is 25.9 Å². The second-order valence-electron chi connectivity index (χ2n) is 6.35. The average molecular weight is 395 g/mol. The van der Waals surface area contributed by atoms with Gasteiger partial charge in [0.25, 0.3) is 0 Å². The fourth-order valence-electron chi connectivity index (χ4n) is 3.30. The third-order valence-electron chi connectivity index (χ3n) is 4.47. The molecule has 1 N–H and O–H groups in total. The number of fused-ring (bicyclic) bond motifs is 1. The topological polar surface area (TPSA) is 121 Å². The molecule has 0 aromatic heterocycles. The second-order valence-corrected chi connectivity index (χ2v) is 6.35. The zero-order valence-corrected chi connectivity index (χ0v) is 15.6. The third-order valence-corrected chi connectivity index (χ3v) is 4.47. The molecule has 1 aromatic carbocycles. The minimum absolute atomic E-state index is 0.270. The highest BCUT2D eigenvalue weighted by Gasteiger charge is 2.58. The summed E-state index contributed by atoms with van der Waals surface area (Å²) in [7, 11) is 1.51. The standard InChI is InChI=1S/C18H21NO9/c1-9(20)25-8-13-15(26-10(2)21)16-14(17(22)27-13)19(18(23)28-16)11-4-6-12(24-3)7-5-11/h4-7,13-17,22H,8H2,1-3H3/t13-,14+,15-,16-,17+/m1/s1. The molecule has 10 nitrogen and oxygen atoms in total. The first-order chi connectivity index (χ1) is 13.3. The summed E-state index contributed by atoms with van der Waals surface area (Å²) >= 11 is 0. The summed E-state index contributed by atoms with van der Waals surface area (Å²) in [6.07, 6.45) is -5.24.